The van der Waals surface area contributed by atoms with Crippen LogP contribution in [0.1, 0.15) is 24.3 Å². The smallest absolute Gasteiger partial charge is 0.175 e. The summed E-state index contributed by atoms with van der Waals surface area (Å²) >= 11 is 0. The summed E-state index contributed by atoms with van der Waals surface area (Å²) in [5.41, 5.74) is 8.12. The van der Waals surface area contributed by atoms with Gasteiger partial charge in [0.1, 0.15) is 0 Å². The maximum Gasteiger partial charge on any atom is 0.175 e. The van der Waals surface area contributed by atoms with Crippen LogP contribution in [0.2, 0.25) is 0 Å². The van der Waals surface area contributed by atoms with Gasteiger partial charge in [0.25, 0.3) is 0 Å². The molecular weight excluding hydrogens is 226 g/mol. The number of nitrogens with two attached hydrogens (primary N) is 1. The molecule has 1 unspecified atom stereocenters. The molecule has 0 saturated carbocycles. The molecule has 1 aromatic carbocycles. The molecule has 5 rings (SSSR count). The van der Waals surface area contributed by atoms with Crippen LogP contribution in [0, 0.1) is 5.92 Å². The van der Waals surface area contributed by atoms with Crippen LogP contribution >= 0.6 is 0 Å². The Balaban J connectivity index is 1.85. The Morgan fingerprint density at radius 2 is 2.11 bits per heavy atom. The number of piperidine rings is 3. The Labute approximate surface area is 106 Å². The van der Waals surface area contributed by atoms with Gasteiger partial charge in [0.05, 0.1) is 5.39 Å². The molecule has 2 bridgehead atoms. The number of rotatable bonds is 1. The van der Waals surface area contributed by atoms with Gasteiger partial charge in [-0.15, -0.1) is 0 Å². The van der Waals surface area contributed by atoms with E-state index in [0.29, 0.717) is 11.7 Å². The summed E-state index contributed by atoms with van der Waals surface area (Å²) in [6, 6.07) is 6.20. The van der Waals surface area contributed by atoms with E-state index in [-0.39, 0.29) is 0 Å². The maximum absolute atomic E-state index is 5.96. The highest BCUT2D eigenvalue weighted by atomic mass is 16.5. The van der Waals surface area contributed by atoms with Crippen LogP contribution in [0.3, 0.4) is 0 Å². The Bertz CT molecular complexity index is 584. The topological polar surface area (TPSA) is 55.3 Å². The molecule has 1 aromatic heterocycles. The van der Waals surface area contributed by atoms with E-state index in [2.05, 4.69) is 22.2 Å². The van der Waals surface area contributed by atoms with Gasteiger partial charge < -0.3 is 15.2 Å². The molecule has 0 spiro atoms. The fraction of sp³-hybridized carbons (Fsp3) is 0.500. The Kier molecular flexibility index (Phi) is 2.14. The summed E-state index contributed by atoms with van der Waals surface area (Å²) < 4.78 is 5.27. The molecule has 4 heteroatoms. The van der Waals surface area contributed by atoms with E-state index in [4.69, 9.17) is 10.3 Å². The van der Waals surface area contributed by atoms with Gasteiger partial charge in [-0.3, -0.25) is 0 Å². The molecule has 3 saturated heterocycles. The van der Waals surface area contributed by atoms with E-state index in [1.165, 1.54) is 31.5 Å². The third kappa shape index (κ3) is 1.38. The summed E-state index contributed by atoms with van der Waals surface area (Å²) in [7, 11) is 0. The van der Waals surface area contributed by atoms with E-state index in [1.54, 1.807) is 0 Å². The van der Waals surface area contributed by atoms with Crippen LogP contribution in [-0.4, -0.2) is 29.7 Å². The first-order valence-electron chi connectivity index (χ1n) is 6.69. The molecule has 3 fully saturated rings. The largest absolute Gasteiger partial charge is 0.380 e. The normalized spacial score (nSPS) is 31.0. The summed E-state index contributed by atoms with van der Waals surface area (Å²) in [6.07, 6.45) is 2.62. The molecule has 0 amide bonds. The Morgan fingerprint density at radius 3 is 2.83 bits per heavy atom. The zero-order valence-corrected chi connectivity index (χ0v) is 10.3. The van der Waals surface area contributed by atoms with E-state index in [0.717, 1.165) is 23.4 Å². The summed E-state index contributed by atoms with van der Waals surface area (Å²) in [6.45, 7) is 3.68. The van der Waals surface area contributed by atoms with Crippen molar-refractivity contribution in [2.24, 2.45) is 5.92 Å². The van der Waals surface area contributed by atoms with Gasteiger partial charge >= 0.3 is 0 Å². The van der Waals surface area contributed by atoms with Gasteiger partial charge in [0.15, 0.2) is 11.4 Å². The van der Waals surface area contributed by atoms with E-state index < -0.39 is 0 Å². The number of benzene rings is 1. The fourth-order valence-electron chi connectivity index (χ4n) is 3.67. The molecule has 0 radical (unpaired) electrons. The maximum atomic E-state index is 5.96. The third-order valence-corrected chi connectivity index (χ3v) is 4.61. The lowest BCUT2D eigenvalue weighted by molar-refractivity contribution is 0.0876. The lowest BCUT2D eigenvalue weighted by Gasteiger charge is -2.45. The first-order valence-corrected chi connectivity index (χ1v) is 6.69. The molecule has 3 aliphatic rings. The number of aromatic nitrogens is 1. The average molecular weight is 243 g/mol. The molecule has 94 valence electrons. The predicted molar refractivity (Wildman–Crippen MR) is 70.3 cm³/mol. The summed E-state index contributed by atoms with van der Waals surface area (Å²) in [5, 5.41) is 4.94. The zero-order chi connectivity index (χ0) is 12.1. The lowest BCUT2D eigenvalue weighted by atomic mass is 9.75. The molecule has 0 aliphatic carbocycles. The van der Waals surface area contributed by atoms with Crippen molar-refractivity contribution in [3.8, 4) is 0 Å². The van der Waals surface area contributed by atoms with Crippen LogP contribution in [0.15, 0.2) is 22.7 Å². The minimum atomic E-state index is 0.539. The molecule has 3 aliphatic heterocycles. The number of hydrogen-bond acceptors (Lipinski definition) is 4. The first kappa shape index (κ1) is 10.4. The van der Waals surface area contributed by atoms with Crippen molar-refractivity contribution in [1.29, 1.82) is 0 Å². The SMILES string of the molecule is Nc1noc2cccc(C3CN4CCC3CC4)c12. The molecule has 4 heterocycles. The Morgan fingerprint density at radius 1 is 1.28 bits per heavy atom. The van der Waals surface area contributed by atoms with E-state index in [9.17, 15) is 0 Å². The molecule has 4 nitrogen and oxygen atoms in total. The van der Waals surface area contributed by atoms with Crippen molar-refractivity contribution >= 4 is 16.8 Å². The highest BCUT2D eigenvalue weighted by molar-refractivity contribution is 5.90. The summed E-state index contributed by atoms with van der Waals surface area (Å²) in [4.78, 5) is 2.56. The van der Waals surface area contributed by atoms with Crippen molar-refractivity contribution in [3.63, 3.8) is 0 Å². The van der Waals surface area contributed by atoms with Crippen molar-refractivity contribution in [1.82, 2.24) is 10.1 Å². The van der Waals surface area contributed by atoms with Gasteiger partial charge in [-0.25, -0.2) is 0 Å². The molecule has 18 heavy (non-hydrogen) atoms. The van der Waals surface area contributed by atoms with Crippen LogP contribution in [0.4, 0.5) is 5.82 Å². The van der Waals surface area contributed by atoms with Gasteiger partial charge in [-0.1, -0.05) is 17.3 Å². The Hall–Kier alpha value is -1.55. The van der Waals surface area contributed by atoms with Gasteiger partial charge in [0.2, 0.25) is 0 Å². The van der Waals surface area contributed by atoms with Crippen LogP contribution in [-0.2, 0) is 0 Å². The molecular formula is C14H17N3O. The second-order valence-electron chi connectivity index (χ2n) is 5.53. The molecule has 2 N–H and O–H groups in total. The fourth-order valence-corrected chi connectivity index (χ4v) is 3.67. The van der Waals surface area contributed by atoms with Crippen molar-refractivity contribution in [2.45, 2.75) is 18.8 Å². The number of anilines is 1. The van der Waals surface area contributed by atoms with Crippen LogP contribution in [0.25, 0.3) is 11.0 Å². The van der Waals surface area contributed by atoms with Gasteiger partial charge in [0, 0.05) is 12.5 Å². The van der Waals surface area contributed by atoms with Crippen LogP contribution < -0.4 is 5.73 Å². The second-order valence-corrected chi connectivity index (χ2v) is 5.53. The van der Waals surface area contributed by atoms with Crippen molar-refractivity contribution < 1.29 is 4.52 Å². The minimum Gasteiger partial charge on any atom is -0.380 e. The second kappa shape index (κ2) is 3.72. The minimum absolute atomic E-state index is 0.539. The standard InChI is InChI=1S/C14H17N3O/c15-14-13-10(2-1-3-12(13)18-16-14)11-8-17-6-4-9(11)5-7-17/h1-3,9,11H,4-8H2,(H2,15,16). The van der Waals surface area contributed by atoms with Crippen molar-refractivity contribution in [2.75, 3.05) is 25.4 Å². The highest BCUT2D eigenvalue weighted by Crippen LogP contribution is 2.42. The highest BCUT2D eigenvalue weighted by Gasteiger charge is 2.36. The molecule has 1 atom stereocenters. The quantitative estimate of drug-likeness (QED) is 0.834. The molecule has 2 aromatic rings. The predicted octanol–water partition coefficient (Wildman–Crippen LogP) is 2.22. The summed E-state index contributed by atoms with van der Waals surface area (Å²) in [5.74, 6) is 1.94. The number of nitrogens with zero attached hydrogens (tertiary/aromatic N) is 2. The third-order valence-electron chi connectivity index (χ3n) is 4.61. The van der Waals surface area contributed by atoms with Crippen molar-refractivity contribution in [3.05, 3.63) is 23.8 Å². The van der Waals surface area contributed by atoms with Gasteiger partial charge in [-0.05, 0) is 43.5 Å². The van der Waals surface area contributed by atoms with E-state index in [1.807, 2.05) is 6.07 Å². The van der Waals surface area contributed by atoms with Gasteiger partial charge in [-0.2, -0.15) is 0 Å². The lowest BCUT2D eigenvalue weighted by Crippen LogP contribution is -2.46. The monoisotopic (exact) mass is 243 g/mol. The zero-order valence-electron chi connectivity index (χ0n) is 10.3. The number of hydrogen-bond donors (Lipinski definition) is 1. The number of fused-ring (bicyclic) bond motifs is 4. The number of nitrogen functional groups attached to an aromatic ring is 1. The van der Waals surface area contributed by atoms with E-state index >= 15 is 0 Å². The van der Waals surface area contributed by atoms with Crippen LogP contribution in [0.5, 0.6) is 0 Å². The average Bonchev–Trinajstić information content (AvgIpc) is 2.82. The first-order chi connectivity index (χ1) is 8.83.